The summed E-state index contributed by atoms with van der Waals surface area (Å²) in [5, 5.41) is 0. The van der Waals surface area contributed by atoms with E-state index in [1.165, 1.54) is 23.6 Å². The van der Waals surface area contributed by atoms with Crippen LogP contribution >= 0.6 is 0 Å². The summed E-state index contributed by atoms with van der Waals surface area (Å²) >= 11 is 0. The van der Waals surface area contributed by atoms with Gasteiger partial charge < -0.3 is 4.57 Å². The minimum absolute atomic E-state index is 0.0732. The van der Waals surface area contributed by atoms with Gasteiger partial charge in [0.1, 0.15) is 0 Å². The quantitative estimate of drug-likeness (QED) is 0.728. The van der Waals surface area contributed by atoms with E-state index < -0.39 is 0 Å². The lowest BCUT2D eigenvalue weighted by molar-refractivity contribution is 0.646. The van der Waals surface area contributed by atoms with Crippen molar-refractivity contribution in [3.05, 3.63) is 71.8 Å². The molecule has 0 unspecified atom stereocenters. The summed E-state index contributed by atoms with van der Waals surface area (Å²) < 4.78 is 2.40. The maximum absolute atomic E-state index is 2.40. The minimum atomic E-state index is -0.0732. The first kappa shape index (κ1) is 14.0. The summed E-state index contributed by atoms with van der Waals surface area (Å²) in [5.74, 6) is 0.551. The van der Waals surface area contributed by atoms with E-state index in [4.69, 9.17) is 0 Å². The molecule has 2 aromatic carbocycles. The van der Waals surface area contributed by atoms with Gasteiger partial charge in [0.2, 0.25) is 0 Å². The second-order valence-electron chi connectivity index (χ2n) is 5.32. The minimum Gasteiger partial charge on any atom is -0.334 e. The van der Waals surface area contributed by atoms with Gasteiger partial charge in [0, 0.05) is 5.92 Å². The summed E-state index contributed by atoms with van der Waals surface area (Å²) in [5.41, 5.74) is 2.89. The zero-order valence-corrected chi connectivity index (χ0v) is 13.3. The number of hydrogen-bond donors (Lipinski definition) is 0. The number of nitrogens with zero attached hydrogens (tertiary/aromatic N) is 1. The van der Waals surface area contributed by atoms with Crippen LogP contribution in [0.15, 0.2) is 60.7 Å². The van der Waals surface area contributed by atoms with Crippen molar-refractivity contribution in [3.8, 4) is 0 Å². The van der Waals surface area contributed by atoms with Crippen molar-refractivity contribution in [3.63, 3.8) is 0 Å². The topological polar surface area (TPSA) is 3.24 Å². The molecular formula is C17H23NSi. The first-order valence-corrected chi connectivity index (χ1v) is 8.65. The van der Waals surface area contributed by atoms with E-state index in [1.54, 1.807) is 0 Å². The van der Waals surface area contributed by atoms with E-state index in [-0.39, 0.29) is 9.68 Å². The van der Waals surface area contributed by atoms with E-state index in [2.05, 4.69) is 79.3 Å². The molecule has 2 aromatic rings. The molecule has 19 heavy (non-hydrogen) atoms. The van der Waals surface area contributed by atoms with Crippen molar-refractivity contribution in [2.45, 2.75) is 18.4 Å². The van der Waals surface area contributed by atoms with Crippen LogP contribution < -0.4 is 0 Å². The molecule has 0 bridgehead atoms. The van der Waals surface area contributed by atoms with Crippen molar-refractivity contribution in [2.75, 3.05) is 14.1 Å². The number of rotatable bonds is 6. The fourth-order valence-electron chi connectivity index (χ4n) is 2.51. The molecule has 0 saturated carbocycles. The maximum atomic E-state index is 2.40. The number of hydrogen-bond acceptors (Lipinski definition) is 1. The van der Waals surface area contributed by atoms with Gasteiger partial charge in [0.25, 0.3) is 0 Å². The fraction of sp³-hybridized carbons (Fsp3) is 0.294. The standard InChI is InChI=1S/C17H23NSi/c1-18(2)19-14-13-17(15-9-5-3-6-10-15)16-11-7-4-8-12-16/h3-12,17H,13-14,19H2,1-2H3. The fourth-order valence-corrected chi connectivity index (χ4v) is 3.73. The molecule has 0 saturated heterocycles. The van der Waals surface area contributed by atoms with Crippen LogP contribution in [0.2, 0.25) is 6.04 Å². The van der Waals surface area contributed by atoms with Gasteiger partial charge in [-0.3, -0.25) is 0 Å². The Morgan fingerprint density at radius 3 is 1.74 bits per heavy atom. The highest BCUT2D eigenvalue weighted by Crippen LogP contribution is 2.29. The van der Waals surface area contributed by atoms with Crippen molar-refractivity contribution in [1.29, 1.82) is 0 Å². The largest absolute Gasteiger partial charge is 0.334 e. The highest BCUT2D eigenvalue weighted by atomic mass is 28.2. The molecule has 2 rings (SSSR count). The third kappa shape index (κ3) is 4.34. The molecule has 0 fully saturated rings. The van der Waals surface area contributed by atoms with E-state index in [1.807, 2.05) is 0 Å². The van der Waals surface area contributed by atoms with Gasteiger partial charge in [0.15, 0.2) is 0 Å². The lowest BCUT2D eigenvalue weighted by Gasteiger charge is -2.19. The average Bonchev–Trinajstić information content (AvgIpc) is 2.45. The van der Waals surface area contributed by atoms with Crippen LogP contribution in [0.25, 0.3) is 0 Å². The monoisotopic (exact) mass is 269 g/mol. The summed E-state index contributed by atoms with van der Waals surface area (Å²) in [7, 11) is 4.33. The van der Waals surface area contributed by atoms with Crippen LogP contribution in [0.1, 0.15) is 23.5 Å². The van der Waals surface area contributed by atoms with Crippen LogP contribution in [0.3, 0.4) is 0 Å². The Kier molecular flexibility index (Phi) is 5.37. The Morgan fingerprint density at radius 1 is 0.842 bits per heavy atom. The smallest absolute Gasteiger partial charge is 0.0943 e. The van der Waals surface area contributed by atoms with Crippen LogP contribution in [-0.2, 0) is 0 Å². The normalized spacial score (nSPS) is 11.8. The molecule has 1 nitrogen and oxygen atoms in total. The van der Waals surface area contributed by atoms with Gasteiger partial charge in [-0.25, -0.2) is 0 Å². The van der Waals surface area contributed by atoms with Crippen molar-refractivity contribution < 1.29 is 0 Å². The summed E-state index contributed by atoms with van der Waals surface area (Å²) in [4.78, 5) is 0. The zero-order chi connectivity index (χ0) is 13.5. The highest BCUT2D eigenvalue weighted by molar-refractivity contribution is 6.31. The molecule has 100 valence electrons. The van der Waals surface area contributed by atoms with E-state index >= 15 is 0 Å². The first-order chi connectivity index (χ1) is 9.27. The Labute approximate surface area is 119 Å². The predicted molar refractivity (Wildman–Crippen MR) is 86.4 cm³/mol. The van der Waals surface area contributed by atoms with Gasteiger partial charge in [-0.1, -0.05) is 60.7 Å². The SMILES string of the molecule is CN(C)[SiH2]CCC(c1ccccc1)c1ccccc1. The maximum Gasteiger partial charge on any atom is 0.0943 e. The second kappa shape index (κ2) is 7.27. The molecule has 2 heteroatoms. The third-order valence-corrected chi connectivity index (χ3v) is 5.12. The molecular weight excluding hydrogens is 246 g/mol. The van der Waals surface area contributed by atoms with Gasteiger partial charge in [-0.15, -0.1) is 0 Å². The summed E-state index contributed by atoms with van der Waals surface area (Å²) in [6.45, 7) is 0. The molecule has 0 atom stereocenters. The van der Waals surface area contributed by atoms with Gasteiger partial charge >= 0.3 is 0 Å². The molecule has 0 spiro atoms. The second-order valence-corrected chi connectivity index (χ2v) is 7.74. The molecule has 0 amide bonds. The van der Waals surface area contributed by atoms with Gasteiger partial charge in [-0.2, -0.15) is 0 Å². The Morgan fingerprint density at radius 2 is 1.32 bits per heavy atom. The summed E-state index contributed by atoms with van der Waals surface area (Å²) in [6.07, 6.45) is 1.26. The Bertz CT molecular complexity index is 428. The molecule has 0 N–H and O–H groups in total. The molecule has 0 aliphatic rings. The number of benzene rings is 2. The van der Waals surface area contributed by atoms with Crippen molar-refractivity contribution in [1.82, 2.24) is 4.57 Å². The average molecular weight is 269 g/mol. The molecule has 0 heterocycles. The third-order valence-electron chi connectivity index (χ3n) is 3.50. The lowest BCUT2D eigenvalue weighted by Crippen LogP contribution is -2.17. The lowest BCUT2D eigenvalue weighted by atomic mass is 9.89. The first-order valence-electron chi connectivity index (χ1n) is 7.02. The van der Waals surface area contributed by atoms with Gasteiger partial charge in [0.05, 0.1) is 9.68 Å². The van der Waals surface area contributed by atoms with E-state index in [0.717, 1.165) is 0 Å². The van der Waals surface area contributed by atoms with E-state index in [0.29, 0.717) is 5.92 Å². The summed E-state index contributed by atoms with van der Waals surface area (Å²) in [6, 6.07) is 23.2. The van der Waals surface area contributed by atoms with Crippen molar-refractivity contribution in [2.24, 2.45) is 0 Å². The van der Waals surface area contributed by atoms with Crippen molar-refractivity contribution >= 4 is 9.68 Å². The highest BCUT2D eigenvalue weighted by Gasteiger charge is 2.13. The van der Waals surface area contributed by atoms with Gasteiger partial charge in [-0.05, 0) is 37.7 Å². The van der Waals surface area contributed by atoms with Crippen LogP contribution in [0.5, 0.6) is 0 Å². The van der Waals surface area contributed by atoms with Crippen LogP contribution in [0.4, 0.5) is 0 Å². The molecule has 0 radical (unpaired) electrons. The Balaban J connectivity index is 2.14. The molecule has 0 aliphatic carbocycles. The van der Waals surface area contributed by atoms with Crippen LogP contribution in [0, 0.1) is 0 Å². The Hall–Kier alpha value is -1.38. The molecule has 0 aliphatic heterocycles. The zero-order valence-electron chi connectivity index (χ0n) is 11.9. The van der Waals surface area contributed by atoms with Crippen LogP contribution in [-0.4, -0.2) is 28.3 Å². The molecule has 0 aromatic heterocycles. The predicted octanol–water partition coefficient (Wildman–Crippen LogP) is 3.27. The van der Waals surface area contributed by atoms with E-state index in [9.17, 15) is 0 Å².